The second kappa shape index (κ2) is 8.43. The van der Waals surface area contributed by atoms with Gasteiger partial charge in [-0.2, -0.15) is 0 Å². The quantitative estimate of drug-likeness (QED) is 0.669. The Morgan fingerprint density at radius 2 is 1.50 bits per heavy atom. The summed E-state index contributed by atoms with van der Waals surface area (Å²) in [5.41, 5.74) is 0. The van der Waals surface area contributed by atoms with Gasteiger partial charge in [0.25, 0.3) is 0 Å². The van der Waals surface area contributed by atoms with E-state index in [1.807, 2.05) is 0 Å². The molecule has 0 aromatic rings. The van der Waals surface area contributed by atoms with Crippen molar-refractivity contribution in [2.45, 2.75) is 70.8 Å². The highest BCUT2D eigenvalue weighted by Crippen LogP contribution is 2.19. The molecule has 1 saturated carbocycles. The zero-order valence-electron chi connectivity index (χ0n) is 10.4. The van der Waals surface area contributed by atoms with Gasteiger partial charge in [-0.15, -0.1) is 0 Å². The highest BCUT2D eigenvalue weighted by atomic mass is 16.7. The Kier molecular flexibility index (Phi) is 7.02. The molecule has 0 aromatic carbocycles. The van der Waals surface area contributed by atoms with Crippen molar-refractivity contribution in [2.24, 2.45) is 0 Å². The monoisotopic (exact) mass is 228 g/mol. The van der Waals surface area contributed by atoms with Crippen LogP contribution in [0.4, 0.5) is 4.79 Å². The lowest BCUT2D eigenvalue weighted by atomic mass is 9.99. The molecule has 3 nitrogen and oxygen atoms in total. The number of carbonyl (C=O) groups is 1. The van der Waals surface area contributed by atoms with Crippen molar-refractivity contribution in [3.8, 4) is 0 Å². The smallest absolute Gasteiger partial charge is 0.435 e. The molecule has 94 valence electrons. The van der Waals surface area contributed by atoms with Gasteiger partial charge in [0.05, 0.1) is 6.61 Å². The molecule has 0 saturated heterocycles. The van der Waals surface area contributed by atoms with Crippen LogP contribution < -0.4 is 0 Å². The lowest BCUT2D eigenvalue weighted by molar-refractivity contribution is 0.0185. The molecule has 0 aromatic heterocycles. The van der Waals surface area contributed by atoms with Crippen LogP contribution in [-0.4, -0.2) is 18.9 Å². The van der Waals surface area contributed by atoms with Crippen molar-refractivity contribution < 1.29 is 14.3 Å². The van der Waals surface area contributed by atoms with E-state index in [2.05, 4.69) is 0 Å². The fraction of sp³-hybridized carbons (Fsp3) is 0.923. The normalized spacial score (nSPS) is 20.1. The van der Waals surface area contributed by atoms with Gasteiger partial charge < -0.3 is 9.47 Å². The first kappa shape index (κ1) is 13.3. The van der Waals surface area contributed by atoms with Crippen molar-refractivity contribution in [3.05, 3.63) is 0 Å². The zero-order valence-corrected chi connectivity index (χ0v) is 10.4. The molecule has 0 unspecified atom stereocenters. The summed E-state index contributed by atoms with van der Waals surface area (Å²) in [6, 6.07) is 0. The van der Waals surface area contributed by atoms with Crippen LogP contribution in [-0.2, 0) is 9.47 Å². The topological polar surface area (TPSA) is 35.5 Å². The molecule has 1 aliphatic carbocycles. The fourth-order valence-corrected chi connectivity index (χ4v) is 2.18. The van der Waals surface area contributed by atoms with Crippen LogP contribution in [0.2, 0.25) is 0 Å². The highest BCUT2D eigenvalue weighted by molar-refractivity contribution is 5.60. The van der Waals surface area contributed by atoms with E-state index >= 15 is 0 Å². The third-order valence-electron chi connectivity index (χ3n) is 3.08. The van der Waals surface area contributed by atoms with Gasteiger partial charge in [0.2, 0.25) is 0 Å². The predicted molar refractivity (Wildman–Crippen MR) is 63.4 cm³/mol. The van der Waals surface area contributed by atoms with Gasteiger partial charge in [-0.05, 0) is 32.6 Å². The lowest BCUT2D eigenvalue weighted by Crippen LogP contribution is -2.19. The summed E-state index contributed by atoms with van der Waals surface area (Å²) in [7, 11) is 0. The van der Waals surface area contributed by atoms with Crippen molar-refractivity contribution in [1.82, 2.24) is 0 Å². The fourth-order valence-electron chi connectivity index (χ4n) is 2.18. The highest BCUT2D eigenvalue weighted by Gasteiger charge is 2.15. The predicted octanol–water partition coefficient (Wildman–Crippen LogP) is 4.05. The molecule has 0 amide bonds. The molecule has 1 fully saturated rings. The summed E-state index contributed by atoms with van der Waals surface area (Å²) in [4.78, 5) is 11.2. The van der Waals surface area contributed by atoms with Gasteiger partial charge in [-0.25, -0.2) is 4.79 Å². The summed E-state index contributed by atoms with van der Waals surface area (Å²) in [6.07, 6.45) is 10.5. The second-order valence-electron chi connectivity index (χ2n) is 4.48. The Bertz CT molecular complexity index is 182. The lowest BCUT2D eigenvalue weighted by Gasteiger charge is -2.18. The van der Waals surface area contributed by atoms with E-state index in [-0.39, 0.29) is 6.10 Å². The first-order chi connectivity index (χ1) is 7.83. The Morgan fingerprint density at radius 1 is 1.00 bits per heavy atom. The summed E-state index contributed by atoms with van der Waals surface area (Å²) in [5.74, 6) is 0. The maximum atomic E-state index is 11.2. The Hall–Kier alpha value is -0.730. The van der Waals surface area contributed by atoms with Crippen LogP contribution in [0, 0.1) is 0 Å². The van der Waals surface area contributed by atoms with Crippen LogP contribution in [0.25, 0.3) is 0 Å². The number of ether oxygens (including phenoxy) is 2. The molecule has 16 heavy (non-hydrogen) atoms. The zero-order chi connectivity index (χ0) is 11.6. The van der Waals surface area contributed by atoms with E-state index in [4.69, 9.17) is 9.47 Å². The standard InChI is InChI=1S/C13H24O3/c1-2-15-13(14)16-12-10-8-6-4-3-5-7-9-11-12/h12H,2-11H2,1H3. The number of carbonyl (C=O) groups excluding carboxylic acids is 1. The first-order valence-corrected chi connectivity index (χ1v) is 6.66. The van der Waals surface area contributed by atoms with E-state index < -0.39 is 6.16 Å². The summed E-state index contributed by atoms with van der Waals surface area (Å²) in [6.45, 7) is 2.19. The largest absolute Gasteiger partial charge is 0.508 e. The molecule has 0 bridgehead atoms. The van der Waals surface area contributed by atoms with E-state index in [1.54, 1.807) is 6.92 Å². The molecule has 0 heterocycles. The molecule has 0 spiro atoms. The van der Waals surface area contributed by atoms with Crippen LogP contribution in [0.5, 0.6) is 0 Å². The summed E-state index contributed by atoms with van der Waals surface area (Å²) in [5, 5.41) is 0. The number of rotatable bonds is 2. The summed E-state index contributed by atoms with van der Waals surface area (Å²) < 4.78 is 10.1. The molecular formula is C13H24O3. The minimum Gasteiger partial charge on any atom is -0.435 e. The number of hydrogen-bond acceptors (Lipinski definition) is 3. The van der Waals surface area contributed by atoms with E-state index in [1.165, 1.54) is 44.9 Å². The van der Waals surface area contributed by atoms with Gasteiger partial charge in [0.1, 0.15) is 6.10 Å². The van der Waals surface area contributed by atoms with Crippen molar-refractivity contribution >= 4 is 6.16 Å². The van der Waals surface area contributed by atoms with Crippen molar-refractivity contribution in [3.63, 3.8) is 0 Å². The van der Waals surface area contributed by atoms with Gasteiger partial charge in [0, 0.05) is 0 Å². The molecule has 0 radical (unpaired) electrons. The van der Waals surface area contributed by atoms with Gasteiger partial charge >= 0.3 is 6.16 Å². The Labute approximate surface area is 98.5 Å². The minimum absolute atomic E-state index is 0.0807. The minimum atomic E-state index is -0.496. The Morgan fingerprint density at radius 3 is 2.00 bits per heavy atom. The van der Waals surface area contributed by atoms with Crippen molar-refractivity contribution in [1.29, 1.82) is 0 Å². The molecular weight excluding hydrogens is 204 g/mol. The van der Waals surface area contributed by atoms with Crippen LogP contribution in [0.3, 0.4) is 0 Å². The molecule has 0 N–H and O–H groups in total. The van der Waals surface area contributed by atoms with Gasteiger partial charge in [0.15, 0.2) is 0 Å². The molecule has 1 rings (SSSR count). The molecule has 1 aliphatic rings. The first-order valence-electron chi connectivity index (χ1n) is 6.66. The average Bonchev–Trinajstić information content (AvgIpc) is 2.27. The maximum absolute atomic E-state index is 11.2. The van der Waals surface area contributed by atoms with E-state index in [0.29, 0.717) is 6.61 Å². The second-order valence-corrected chi connectivity index (χ2v) is 4.48. The third kappa shape index (κ3) is 5.99. The SMILES string of the molecule is CCOC(=O)OC1CCCCCCCCC1. The maximum Gasteiger partial charge on any atom is 0.508 e. The van der Waals surface area contributed by atoms with Crippen molar-refractivity contribution in [2.75, 3.05) is 6.61 Å². The van der Waals surface area contributed by atoms with E-state index in [0.717, 1.165) is 12.8 Å². The van der Waals surface area contributed by atoms with E-state index in [9.17, 15) is 4.79 Å². The van der Waals surface area contributed by atoms with Crippen LogP contribution >= 0.6 is 0 Å². The van der Waals surface area contributed by atoms with Gasteiger partial charge in [-0.3, -0.25) is 0 Å². The third-order valence-corrected chi connectivity index (χ3v) is 3.08. The molecule has 0 atom stereocenters. The number of hydrogen-bond donors (Lipinski definition) is 0. The average molecular weight is 228 g/mol. The van der Waals surface area contributed by atoms with Crippen LogP contribution in [0.15, 0.2) is 0 Å². The summed E-state index contributed by atoms with van der Waals surface area (Å²) >= 11 is 0. The van der Waals surface area contributed by atoms with Gasteiger partial charge in [-0.1, -0.05) is 32.1 Å². The molecule has 0 aliphatic heterocycles. The Balaban J connectivity index is 2.27. The van der Waals surface area contributed by atoms with Crippen LogP contribution in [0.1, 0.15) is 64.7 Å². The molecule has 3 heteroatoms.